The Morgan fingerprint density at radius 2 is 1.79 bits per heavy atom. The van der Waals surface area contributed by atoms with Crippen LogP contribution in [0.2, 0.25) is 0 Å². The van der Waals surface area contributed by atoms with Crippen molar-refractivity contribution in [2.75, 3.05) is 6.54 Å². The lowest BCUT2D eigenvalue weighted by Gasteiger charge is -2.36. The summed E-state index contributed by atoms with van der Waals surface area (Å²) in [6.45, 7) is 4.21. The van der Waals surface area contributed by atoms with E-state index in [4.69, 9.17) is 10.8 Å². The van der Waals surface area contributed by atoms with Gasteiger partial charge in [-0.25, -0.2) is 0 Å². The Balaban J connectivity index is 2.84. The average molecular weight is 270 g/mol. The molecular weight excluding hydrogens is 244 g/mol. The summed E-state index contributed by atoms with van der Waals surface area (Å²) in [7, 11) is 0. The number of hydrogen-bond donors (Lipinski definition) is 3. The van der Waals surface area contributed by atoms with Gasteiger partial charge in [0.25, 0.3) is 0 Å². The third-order valence-corrected chi connectivity index (χ3v) is 4.65. The number of carboxylic acid groups (broad SMARTS) is 1. The van der Waals surface area contributed by atoms with Gasteiger partial charge in [0.05, 0.1) is 17.4 Å². The van der Waals surface area contributed by atoms with Crippen LogP contribution in [0.1, 0.15) is 58.8 Å². The van der Waals surface area contributed by atoms with Crippen LogP contribution in [0.25, 0.3) is 0 Å². The van der Waals surface area contributed by atoms with Gasteiger partial charge in [0.2, 0.25) is 5.91 Å². The predicted octanol–water partition coefficient (Wildman–Crippen LogP) is 1.66. The largest absolute Gasteiger partial charge is 0.481 e. The van der Waals surface area contributed by atoms with Crippen LogP contribution >= 0.6 is 0 Å². The number of nitrogens with one attached hydrogen (secondary N) is 1. The minimum absolute atomic E-state index is 0.00677. The van der Waals surface area contributed by atoms with E-state index in [0.717, 1.165) is 25.7 Å². The lowest BCUT2D eigenvalue weighted by atomic mass is 9.80. The van der Waals surface area contributed by atoms with Gasteiger partial charge in [-0.1, -0.05) is 26.7 Å². The summed E-state index contributed by atoms with van der Waals surface area (Å²) in [4.78, 5) is 23.5. The van der Waals surface area contributed by atoms with Crippen molar-refractivity contribution in [3.8, 4) is 0 Å². The van der Waals surface area contributed by atoms with Gasteiger partial charge in [-0.15, -0.1) is 0 Å². The molecule has 0 aromatic heterocycles. The third-order valence-electron chi connectivity index (χ3n) is 4.65. The summed E-state index contributed by atoms with van der Waals surface area (Å²) in [5, 5.41) is 12.1. The van der Waals surface area contributed by atoms with E-state index in [1.807, 2.05) is 13.8 Å². The lowest BCUT2D eigenvalue weighted by Crippen LogP contribution is -2.55. The molecule has 0 bridgehead atoms. The first-order valence-corrected chi connectivity index (χ1v) is 7.18. The van der Waals surface area contributed by atoms with Crippen molar-refractivity contribution in [3.05, 3.63) is 0 Å². The molecule has 0 unspecified atom stereocenters. The maximum Gasteiger partial charge on any atom is 0.305 e. The van der Waals surface area contributed by atoms with Gasteiger partial charge in [0, 0.05) is 6.54 Å². The molecule has 1 fully saturated rings. The topological polar surface area (TPSA) is 92.4 Å². The molecule has 1 aliphatic rings. The molecule has 5 heteroatoms. The lowest BCUT2D eigenvalue weighted by molar-refractivity contribution is -0.140. The summed E-state index contributed by atoms with van der Waals surface area (Å²) in [6, 6.07) is 0. The Bertz CT molecular complexity index is 323. The van der Waals surface area contributed by atoms with Gasteiger partial charge in [-0.05, 0) is 25.7 Å². The van der Waals surface area contributed by atoms with Gasteiger partial charge in [-0.2, -0.15) is 0 Å². The number of nitrogens with two attached hydrogens (primary N) is 1. The first-order chi connectivity index (χ1) is 8.93. The van der Waals surface area contributed by atoms with Crippen molar-refractivity contribution >= 4 is 11.9 Å². The molecule has 0 atom stereocenters. The third kappa shape index (κ3) is 3.47. The first kappa shape index (κ1) is 16.0. The SMILES string of the molecule is CCC(CC)(CN)C(=O)NC1(CC(=O)O)CCCC1. The fourth-order valence-electron chi connectivity index (χ4n) is 3.01. The Morgan fingerprint density at radius 3 is 2.16 bits per heavy atom. The number of amides is 1. The molecule has 0 aromatic carbocycles. The second-order valence-corrected chi connectivity index (χ2v) is 5.70. The maximum atomic E-state index is 12.5. The van der Waals surface area contributed by atoms with Crippen LogP contribution in [-0.2, 0) is 9.59 Å². The Hall–Kier alpha value is -1.10. The van der Waals surface area contributed by atoms with E-state index in [2.05, 4.69) is 5.32 Å². The monoisotopic (exact) mass is 270 g/mol. The number of carbonyl (C=O) groups is 2. The molecular formula is C14H26N2O3. The van der Waals surface area contributed by atoms with E-state index in [0.29, 0.717) is 19.4 Å². The van der Waals surface area contributed by atoms with Crippen molar-refractivity contribution in [2.45, 2.75) is 64.3 Å². The first-order valence-electron chi connectivity index (χ1n) is 7.18. The van der Waals surface area contributed by atoms with E-state index >= 15 is 0 Å². The molecule has 0 radical (unpaired) electrons. The molecule has 0 aromatic rings. The number of aliphatic carboxylic acids is 1. The molecule has 1 amide bonds. The van der Waals surface area contributed by atoms with Crippen LogP contribution < -0.4 is 11.1 Å². The van der Waals surface area contributed by atoms with Crippen LogP contribution in [0.4, 0.5) is 0 Å². The minimum atomic E-state index is -0.853. The summed E-state index contributed by atoms with van der Waals surface area (Å²) in [5.41, 5.74) is 4.65. The molecule has 0 heterocycles. The summed E-state index contributed by atoms with van der Waals surface area (Å²) in [6.07, 6.45) is 4.80. The minimum Gasteiger partial charge on any atom is -0.481 e. The molecule has 110 valence electrons. The highest BCUT2D eigenvalue weighted by Crippen LogP contribution is 2.35. The van der Waals surface area contributed by atoms with Gasteiger partial charge < -0.3 is 16.2 Å². The Labute approximate surface area is 114 Å². The zero-order valence-corrected chi connectivity index (χ0v) is 12.0. The second kappa shape index (κ2) is 6.37. The van der Waals surface area contributed by atoms with Crippen LogP contribution in [0.15, 0.2) is 0 Å². The fraction of sp³-hybridized carbons (Fsp3) is 0.857. The van der Waals surface area contributed by atoms with Gasteiger partial charge >= 0.3 is 5.97 Å². The quantitative estimate of drug-likeness (QED) is 0.656. The fourth-order valence-corrected chi connectivity index (χ4v) is 3.01. The Kier molecular flexibility index (Phi) is 5.35. The molecule has 0 spiro atoms. The molecule has 1 saturated carbocycles. The van der Waals surface area contributed by atoms with Crippen molar-refractivity contribution in [1.29, 1.82) is 0 Å². The predicted molar refractivity (Wildman–Crippen MR) is 73.7 cm³/mol. The van der Waals surface area contributed by atoms with E-state index < -0.39 is 16.9 Å². The number of carboxylic acids is 1. The summed E-state index contributed by atoms with van der Waals surface area (Å²) >= 11 is 0. The van der Waals surface area contributed by atoms with Gasteiger partial charge in [0.15, 0.2) is 0 Å². The maximum absolute atomic E-state index is 12.5. The van der Waals surface area contributed by atoms with E-state index in [1.54, 1.807) is 0 Å². The number of carbonyl (C=O) groups excluding carboxylic acids is 1. The Morgan fingerprint density at radius 1 is 1.26 bits per heavy atom. The highest BCUT2D eigenvalue weighted by Gasteiger charge is 2.42. The average Bonchev–Trinajstić information content (AvgIpc) is 2.79. The molecule has 4 N–H and O–H groups in total. The van der Waals surface area contributed by atoms with E-state index in [9.17, 15) is 9.59 Å². The summed E-state index contributed by atoms with van der Waals surface area (Å²) in [5.74, 6) is -0.934. The molecule has 19 heavy (non-hydrogen) atoms. The number of hydrogen-bond acceptors (Lipinski definition) is 3. The van der Waals surface area contributed by atoms with Crippen LogP contribution in [0, 0.1) is 5.41 Å². The van der Waals surface area contributed by atoms with Crippen molar-refractivity contribution in [2.24, 2.45) is 11.1 Å². The molecule has 1 aliphatic carbocycles. The van der Waals surface area contributed by atoms with Crippen LogP contribution in [-0.4, -0.2) is 29.1 Å². The molecule has 1 rings (SSSR count). The van der Waals surface area contributed by atoms with Crippen LogP contribution in [0.5, 0.6) is 0 Å². The van der Waals surface area contributed by atoms with Crippen molar-refractivity contribution < 1.29 is 14.7 Å². The molecule has 0 saturated heterocycles. The van der Waals surface area contributed by atoms with Crippen LogP contribution in [0.3, 0.4) is 0 Å². The zero-order chi connectivity index (χ0) is 14.5. The standard InChI is InChI=1S/C14H26N2O3/c1-3-13(4-2,10-15)12(19)16-14(9-11(17)18)7-5-6-8-14/h3-10,15H2,1-2H3,(H,16,19)(H,17,18). The number of rotatable bonds is 7. The molecule has 0 aliphatic heterocycles. The highest BCUT2D eigenvalue weighted by molar-refractivity contribution is 5.84. The summed E-state index contributed by atoms with van der Waals surface area (Å²) < 4.78 is 0. The van der Waals surface area contributed by atoms with Crippen molar-refractivity contribution in [3.63, 3.8) is 0 Å². The second-order valence-electron chi connectivity index (χ2n) is 5.70. The zero-order valence-electron chi connectivity index (χ0n) is 12.0. The highest BCUT2D eigenvalue weighted by atomic mass is 16.4. The van der Waals surface area contributed by atoms with E-state index in [-0.39, 0.29) is 12.3 Å². The smallest absolute Gasteiger partial charge is 0.305 e. The van der Waals surface area contributed by atoms with Crippen molar-refractivity contribution in [1.82, 2.24) is 5.32 Å². The van der Waals surface area contributed by atoms with Gasteiger partial charge in [0.1, 0.15) is 0 Å². The van der Waals surface area contributed by atoms with Gasteiger partial charge in [-0.3, -0.25) is 9.59 Å². The van der Waals surface area contributed by atoms with E-state index in [1.165, 1.54) is 0 Å². The molecule has 5 nitrogen and oxygen atoms in total. The normalized spacial score (nSPS) is 18.3.